The fraction of sp³-hybridized carbons (Fsp3) is 0.211. The summed E-state index contributed by atoms with van der Waals surface area (Å²) >= 11 is 0. The summed E-state index contributed by atoms with van der Waals surface area (Å²) in [5.74, 6) is 0.0119. The maximum atomic E-state index is 12.4. The number of hydrogen-bond donors (Lipinski definition) is 1. The van der Waals surface area contributed by atoms with Crippen LogP contribution in [-0.2, 0) is 7.05 Å². The van der Waals surface area contributed by atoms with Crippen LogP contribution in [0.25, 0.3) is 22.2 Å². The molecule has 8 heteroatoms. The molecular weight excluding hydrogens is 342 g/mol. The van der Waals surface area contributed by atoms with Crippen LogP contribution in [0.3, 0.4) is 0 Å². The van der Waals surface area contributed by atoms with Crippen LogP contribution >= 0.6 is 0 Å². The Labute approximate surface area is 154 Å². The Morgan fingerprint density at radius 3 is 2.89 bits per heavy atom. The van der Waals surface area contributed by atoms with Crippen LogP contribution in [0.1, 0.15) is 29.2 Å². The Hall–Kier alpha value is -3.55. The van der Waals surface area contributed by atoms with Gasteiger partial charge in [-0.05, 0) is 18.9 Å². The van der Waals surface area contributed by atoms with Gasteiger partial charge >= 0.3 is 0 Å². The molecule has 0 aliphatic heterocycles. The summed E-state index contributed by atoms with van der Waals surface area (Å²) in [5.41, 5.74) is 3.26. The molecule has 8 nitrogen and oxygen atoms in total. The first-order valence-corrected chi connectivity index (χ1v) is 8.76. The van der Waals surface area contributed by atoms with Crippen LogP contribution in [0.4, 0.5) is 5.95 Å². The molecule has 3 heterocycles. The number of carbonyl (C=O) groups excluding carboxylic acids is 1. The summed E-state index contributed by atoms with van der Waals surface area (Å²) in [6.45, 7) is 0. The summed E-state index contributed by atoms with van der Waals surface area (Å²) in [6, 6.07) is 6.37. The van der Waals surface area contributed by atoms with E-state index >= 15 is 0 Å². The van der Waals surface area contributed by atoms with Crippen LogP contribution < -0.4 is 5.32 Å². The summed E-state index contributed by atoms with van der Waals surface area (Å²) < 4.78 is 3.79. The molecule has 0 unspecified atom stereocenters. The fourth-order valence-corrected chi connectivity index (χ4v) is 3.05. The Morgan fingerprint density at radius 2 is 2.11 bits per heavy atom. The number of amides is 1. The Bertz CT molecular complexity index is 1160. The molecule has 1 saturated carbocycles. The lowest BCUT2D eigenvalue weighted by molar-refractivity contribution is 0.102. The largest absolute Gasteiger partial charge is 0.334 e. The van der Waals surface area contributed by atoms with E-state index in [1.807, 2.05) is 40.7 Å². The van der Waals surface area contributed by atoms with Crippen molar-refractivity contribution >= 4 is 22.8 Å². The SMILES string of the molecule is Cn1cncc1-c1ccc2cnc(NC(=O)c3cnn(C4CC4)c3)nc2c1. The van der Waals surface area contributed by atoms with Crippen molar-refractivity contribution in [2.75, 3.05) is 5.32 Å². The summed E-state index contributed by atoms with van der Waals surface area (Å²) in [7, 11) is 1.94. The molecule has 3 aromatic heterocycles. The molecule has 27 heavy (non-hydrogen) atoms. The van der Waals surface area contributed by atoms with Crippen LogP contribution in [0.15, 0.2) is 49.3 Å². The highest BCUT2D eigenvalue weighted by Gasteiger charge is 2.25. The predicted octanol–water partition coefficient (Wildman–Crippen LogP) is 2.81. The summed E-state index contributed by atoms with van der Waals surface area (Å²) in [5, 5.41) is 7.91. The average molecular weight is 359 g/mol. The van der Waals surface area contributed by atoms with E-state index in [-0.39, 0.29) is 11.9 Å². The smallest absolute Gasteiger partial charge is 0.261 e. The Kier molecular flexibility index (Phi) is 3.49. The van der Waals surface area contributed by atoms with E-state index in [0.29, 0.717) is 11.6 Å². The zero-order chi connectivity index (χ0) is 18.4. The second-order valence-corrected chi connectivity index (χ2v) is 6.75. The number of nitrogens with one attached hydrogen (secondary N) is 1. The van der Waals surface area contributed by atoms with Crippen molar-refractivity contribution in [3.8, 4) is 11.3 Å². The van der Waals surface area contributed by atoms with Gasteiger partial charge in [-0.2, -0.15) is 5.10 Å². The van der Waals surface area contributed by atoms with Gasteiger partial charge < -0.3 is 4.57 Å². The molecule has 5 rings (SSSR count). The molecule has 1 aliphatic rings. The van der Waals surface area contributed by atoms with E-state index in [0.717, 1.165) is 35.0 Å². The average Bonchev–Trinajstić information content (AvgIpc) is 3.24. The second kappa shape index (κ2) is 6.01. The molecule has 1 fully saturated rings. The summed E-state index contributed by atoms with van der Waals surface area (Å²) in [6.07, 6.45) is 10.9. The molecule has 0 saturated heterocycles. The molecule has 0 radical (unpaired) electrons. The lowest BCUT2D eigenvalue weighted by atomic mass is 10.1. The first-order chi connectivity index (χ1) is 13.2. The van der Waals surface area contributed by atoms with Crippen molar-refractivity contribution in [1.29, 1.82) is 0 Å². The number of imidazole rings is 1. The third kappa shape index (κ3) is 2.95. The summed E-state index contributed by atoms with van der Waals surface area (Å²) in [4.78, 5) is 25.3. The monoisotopic (exact) mass is 359 g/mol. The number of carbonyl (C=O) groups is 1. The lowest BCUT2D eigenvalue weighted by Gasteiger charge is -2.06. The first kappa shape index (κ1) is 15.7. The molecule has 0 atom stereocenters. The quantitative estimate of drug-likeness (QED) is 0.605. The highest BCUT2D eigenvalue weighted by Crippen LogP contribution is 2.34. The van der Waals surface area contributed by atoms with Gasteiger partial charge in [-0.1, -0.05) is 12.1 Å². The zero-order valence-electron chi connectivity index (χ0n) is 14.7. The van der Waals surface area contributed by atoms with Crippen molar-refractivity contribution in [3.05, 3.63) is 54.9 Å². The molecule has 0 spiro atoms. The van der Waals surface area contributed by atoms with Crippen LogP contribution in [-0.4, -0.2) is 35.2 Å². The highest BCUT2D eigenvalue weighted by atomic mass is 16.1. The minimum absolute atomic E-state index is 0.260. The number of aryl methyl sites for hydroxylation is 1. The van der Waals surface area contributed by atoms with E-state index < -0.39 is 0 Å². The Balaban J connectivity index is 1.42. The highest BCUT2D eigenvalue weighted by molar-refractivity contribution is 6.03. The third-order valence-electron chi connectivity index (χ3n) is 4.71. The van der Waals surface area contributed by atoms with Gasteiger partial charge in [-0.15, -0.1) is 0 Å². The number of nitrogens with zero attached hydrogens (tertiary/aromatic N) is 6. The van der Waals surface area contributed by atoms with E-state index in [1.165, 1.54) is 0 Å². The number of fused-ring (bicyclic) bond motifs is 1. The van der Waals surface area contributed by atoms with E-state index in [1.54, 1.807) is 24.9 Å². The molecule has 134 valence electrons. The molecule has 1 aromatic carbocycles. The van der Waals surface area contributed by atoms with Gasteiger partial charge in [0.1, 0.15) is 0 Å². The molecule has 1 N–H and O–H groups in total. The van der Waals surface area contributed by atoms with Gasteiger partial charge in [0.2, 0.25) is 5.95 Å². The molecular formula is C19H17N7O. The topological polar surface area (TPSA) is 90.5 Å². The van der Waals surface area contributed by atoms with Crippen LogP contribution in [0.5, 0.6) is 0 Å². The third-order valence-corrected chi connectivity index (χ3v) is 4.71. The fourth-order valence-electron chi connectivity index (χ4n) is 3.05. The predicted molar refractivity (Wildman–Crippen MR) is 100 cm³/mol. The van der Waals surface area contributed by atoms with Crippen molar-refractivity contribution < 1.29 is 4.79 Å². The minimum atomic E-state index is -0.260. The van der Waals surface area contributed by atoms with Gasteiger partial charge in [0.05, 0.1) is 41.5 Å². The number of anilines is 1. The van der Waals surface area contributed by atoms with Gasteiger partial charge in [0, 0.05) is 30.4 Å². The zero-order valence-corrected chi connectivity index (χ0v) is 14.7. The van der Waals surface area contributed by atoms with Crippen LogP contribution in [0.2, 0.25) is 0 Å². The maximum absolute atomic E-state index is 12.4. The van der Waals surface area contributed by atoms with Crippen molar-refractivity contribution in [3.63, 3.8) is 0 Å². The van der Waals surface area contributed by atoms with E-state index in [9.17, 15) is 4.79 Å². The van der Waals surface area contributed by atoms with Crippen molar-refractivity contribution in [2.24, 2.45) is 7.05 Å². The normalized spacial score (nSPS) is 13.8. The molecule has 1 amide bonds. The second-order valence-electron chi connectivity index (χ2n) is 6.75. The van der Waals surface area contributed by atoms with Gasteiger partial charge in [-0.3, -0.25) is 14.8 Å². The number of hydrogen-bond acceptors (Lipinski definition) is 5. The van der Waals surface area contributed by atoms with Crippen molar-refractivity contribution in [2.45, 2.75) is 18.9 Å². The minimum Gasteiger partial charge on any atom is -0.334 e. The number of benzene rings is 1. The first-order valence-electron chi connectivity index (χ1n) is 8.76. The van der Waals surface area contributed by atoms with Gasteiger partial charge in [-0.25, -0.2) is 15.0 Å². The molecule has 0 bridgehead atoms. The Morgan fingerprint density at radius 1 is 1.22 bits per heavy atom. The van der Waals surface area contributed by atoms with Gasteiger partial charge in [0.25, 0.3) is 5.91 Å². The molecule has 4 aromatic rings. The van der Waals surface area contributed by atoms with Gasteiger partial charge in [0.15, 0.2) is 0 Å². The number of rotatable bonds is 4. The van der Waals surface area contributed by atoms with E-state index in [2.05, 4.69) is 25.4 Å². The van der Waals surface area contributed by atoms with Crippen molar-refractivity contribution in [1.82, 2.24) is 29.3 Å². The maximum Gasteiger partial charge on any atom is 0.261 e. The van der Waals surface area contributed by atoms with E-state index in [4.69, 9.17) is 0 Å². The molecule has 1 aliphatic carbocycles. The van der Waals surface area contributed by atoms with Crippen LogP contribution in [0, 0.1) is 0 Å². The lowest BCUT2D eigenvalue weighted by Crippen LogP contribution is -2.13. The number of aromatic nitrogens is 6. The standard InChI is InChI=1S/C19H17N7O/c1-25-11-20-9-17(25)12-2-3-13-7-21-19(23-16(13)6-12)24-18(27)14-8-22-26(10-14)15-4-5-15/h2-3,6-11,15H,4-5H2,1H3,(H,21,23,24,27).